The molecule has 5 rings (SSSR count). The number of fused-ring (bicyclic) bond motifs is 2. The van der Waals surface area contributed by atoms with E-state index in [1.807, 2.05) is 54.3 Å². The molecule has 6 heteroatoms. The molecule has 3 heterocycles. The molecule has 0 bridgehead atoms. The summed E-state index contributed by atoms with van der Waals surface area (Å²) in [5, 5.41) is 0.900. The van der Waals surface area contributed by atoms with E-state index in [-0.39, 0.29) is 11.3 Å². The molecule has 2 N–H and O–H groups in total. The first-order valence-electron chi connectivity index (χ1n) is 10.4. The fourth-order valence-corrected chi connectivity index (χ4v) is 5.57. The third-order valence-corrected chi connectivity index (χ3v) is 7.57. The van der Waals surface area contributed by atoms with E-state index in [0.29, 0.717) is 13.2 Å². The number of nitrogens with zero attached hydrogens (tertiary/aromatic N) is 2. The van der Waals surface area contributed by atoms with Gasteiger partial charge in [0.2, 0.25) is 0 Å². The van der Waals surface area contributed by atoms with Gasteiger partial charge in [-0.05, 0) is 31.4 Å². The molecule has 0 saturated carbocycles. The Hall–Kier alpha value is -2.70. The molecule has 1 spiro atoms. The second-order valence-corrected chi connectivity index (χ2v) is 9.19. The molecule has 30 heavy (non-hydrogen) atoms. The highest BCUT2D eigenvalue weighted by atomic mass is 32.1. The van der Waals surface area contributed by atoms with Crippen LogP contribution in [0, 0.1) is 6.92 Å². The van der Waals surface area contributed by atoms with Crippen molar-refractivity contribution >= 4 is 17.2 Å². The van der Waals surface area contributed by atoms with Gasteiger partial charge in [-0.2, -0.15) is 0 Å². The Labute approximate surface area is 180 Å². The number of rotatable bonds is 3. The summed E-state index contributed by atoms with van der Waals surface area (Å²) in [6, 6.07) is 16.3. The van der Waals surface area contributed by atoms with Gasteiger partial charge in [-0.25, -0.2) is 4.98 Å². The lowest BCUT2D eigenvalue weighted by molar-refractivity contribution is 0.0650. The predicted octanol–water partition coefficient (Wildman–Crippen LogP) is 4.14. The molecule has 1 amide bonds. The van der Waals surface area contributed by atoms with E-state index in [1.165, 1.54) is 16.9 Å². The average Bonchev–Trinajstić information content (AvgIpc) is 3.35. The van der Waals surface area contributed by atoms with E-state index >= 15 is 0 Å². The van der Waals surface area contributed by atoms with Crippen molar-refractivity contribution in [2.75, 3.05) is 19.7 Å². The molecule has 0 aliphatic carbocycles. The number of nitrogens with two attached hydrogens (primary N) is 1. The fraction of sp³-hybridized carbons (Fsp3) is 0.333. The van der Waals surface area contributed by atoms with Gasteiger partial charge in [-0.1, -0.05) is 42.5 Å². The lowest BCUT2D eigenvalue weighted by Gasteiger charge is -2.38. The van der Waals surface area contributed by atoms with Crippen LogP contribution in [0.1, 0.15) is 39.3 Å². The van der Waals surface area contributed by atoms with E-state index in [9.17, 15) is 4.79 Å². The summed E-state index contributed by atoms with van der Waals surface area (Å²) in [5.74, 6) is 1.06. The zero-order chi connectivity index (χ0) is 20.7. The number of hydrogen-bond acceptors (Lipinski definition) is 5. The van der Waals surface area contributed by atoms with Gasteiger partial charge < -0.3 is 15.4 Å². The smallest absolute Gasteiger partial charge is 0.265 e. The van der Waals surface area contributed by atoms with Gasteiger partial charge in [0.15, 0.2) is 0 Å². The summed E-state index contributed by atoms with van der Waals surface area (Å²) in [5.41, 5.74) is 10.1. The molecule has 0 unspecified atom stereocenters. The third kappa shape index (κ3) is 3.20. The van der Waals surface area contributed by atoms with Crippen LogP contribution >= 0.6 is 11.3 Å². The Kier molecular flexibility index (Phi) is 4.83. The molecule has 0 radical (unpaired) electrons. The van der Waals surface area contributed by atoms with Gasteiger partial charge >= 0.3 is 0 Å². The van der Waals surface area contributed by atoms with Crippen molar-refractivity contribution in [3.63, 3.8) is 0 Å². The minimum Gasteiger partial charge on any atom is -0.492 e. The molecule has 2 aromatic carbocycles. The van der Waals surface area contributed by atoms with Crippen LogP contribution in [0.25, 0.3) is 10.6 Å². The molecule has 2 aliphatic rings. The maximum atomic E-state index is 13.3. The summed E-state index contributed by atoms with van der Waals surface area (Å²) < 4.78 is 5.99. The lowest BCUT2D eigenvalue weighted by atomic mass is 9.74. The molecule has 154 valence electrons. The van der Waals surface area contributed by atoms with Crippen molar-refractivity contribution in [2.45, 2.75) is 31.7 Å². The van der Waals surface area contributed by atoms with E-state index in [1.54, 1.807) is 0 Å². The number of amides is 1. The SMILES string of the molecule is Cc1nc(-c2ccccc2)sc1C(=O)N1CCC2(CC1)COc1ccc(CN)cc12. The van der Waals surface area contributed by atoms with Crippen LogP contribution in [-0.4, -0.2) is 35.5 Å². The summed E-state index contributed by atoms with van der Waals surface area (Å²) in [7, 11) is 0. The van der Waals surface area contributed by atoms with Crippen LogP contribution in [0.2, 0.25) is 0 Å². The maximum absolute atomic E-state index is 13.3. The van der Waals surface area contributed by atoms with Crippen molar-refractivity contribution in [1.29, 1.82) is 0 Å². The van der Waals surface area contributed by atoms with Gasteiger partial charge in [0, 0.05) is 36.2 Å². The number of aryl methyl sites for hydroxylation is 1. The molecule has 2 aliphatic heterocycles. The first-order chi connectivity index (χ1) is 14.6. The Morgan fingerprint density at radius 1 is 1.20 bits per heavy atom. The number of benzene rings is 2. The zero-order valence-corrected chi connectivity index (χ0v) is 17.9. The Morgan fingerprint density at radius 2 is 1.97 bits per heavy atom. The molecule has 0 atom stereocenters. The summed E-state index contributed by atoms with van der Waals surface area (Å²) in [4.78, 5) is 20.6. The van der Waals surface area contributed by atoms with Crippen LogP contribution < -0.4 is 10.5 Å². The number of piperidine rings is 1. The largest absolute Gasteiger partial charge is 0.492 e. The molecular formula is C24H25N3O2S. The highest BCUT2D eigenvalue weighted by Crippen LogP contribution is 2.46. The second-order valence-electron chi connectivity index (χ2n) is 8.20. The maximum Gasteiger partial charge on any atom is 0.265 e. The van der Waals surface area contributed by atoms with Gasteiger partial charge in [0.1, 0.15) is 15.6 Å². The standard InChI is InChI=1S/C24H25N3O2S/c1-16-21(30-22(26-16)18-5-3-2-4-6-18)23(28)27-11-9-24(10-12-27)15-29-20-8-7-17(14-25)13-19(20)24/h2-8,13H,9-12,14-15,25H2,1H3. The number of aromatic nitrogens is 1. The zero-order valence-electron chi connectivity index (χ0n) is 17.1. The van der Waals surface area contributed by atoms with Gasteiger partial charge in [-0.3, -0.25) is 4.79 Å². The average molecular weight is 420 g/mol. The first kappa shape index (κ1) is 19.3. The van der Waals surface area contributed by atoms with Crippen molar-refractivity contribution in [1.82, 2.24) is 9.88 Å². The highest BCUT2D eigenvalue weighted by molar-refractivity contribution is 7.17. The van der Waals surface area contributed by atoms with E-state index < -0.39 is 0 Å². The summed E-state index contributed by atoms with van der Waals surface area (Å²) in [6.07, 6.45) is 1.81. The Balaban J connectivity index is 1.34. The summed E-state index contributed by atoms with van der Waals surface area (Å²) in [6.45, 7) is 4.61. The van der Waals surface area contributed by atoms with E-state index in [0.717, 1.165) is 58.4 Å². The van der Waals surface area contributed by atoms with Crippen molar-refractivity contribution in [3.05, 3.63) is 70.2 Å². The normalized spacial score (nSPS) is 17.1. The first-order valence-corrected chi connectivity index (χ1v) is 11.2. The molecule has 3 aromatic rings. The van der Waals surface area contributed by atoms with Crippen molar-refractivity contribution in [2.24, 2.45) is 5.73 Å². The highest BCUT2D eigenvalue weighted by Gasteiger charge is 2.44. The molecule has 1 fully saturated rings. The number of thiazole rings is 1. The molecule has 1 aromatic heterocycles. The van der Waals surface area contributed by atoms with Crippen LogP contribution in [0.15, 0.2) is 48.5 Å². The number of carbonyl (C=O) groups is 1. The molecule has 1 saturated heterocycles. The van der Waals surface area contributed by atoms with Crippen LogP contribution in [0.3, 0.4) is 0 Å². The lowest BCUT2D eigenvalue weighted by Crippen LogP contribution is -2.46. The van der Waals surface area contributed by atoms with Crippen LogP contribution in [0.5, 0.6) is 5.75 Å². The topological polar surface area (TPSA) is 68.5 Å². The van der Waals surface area contributed by atoms with E-state index in [2.05, 4.69) is 11.1 Å². The number of hydrogen-bond donors (Lipinski definition) is 1. The van der Waals surface area contributed by atoms with Gasteiger partial charge in [-0.15, -0.1) is 11.3 Å². The van der Waals surface area contributed by atoms with Crippen molar-refractivity contribution < 1.29 is 9.53 Å². The van der Waals surface area contributed by atoms with Gasteiger partial charge in [0.25, 0.3) is 5.91 Å². The summed E-state index contributed by atoms with van der Waals surface area (Å²) >= 11 is 1.49. The van der Waals surface area contributed by atoms with Crippen LogP contribution in [0.4, 0.5) is 0 Å². The molecular weight excluding hydrogens is 394 g/mol. The molecule has 5 nitrogen and oxygen atoms in total. The third-order valence-electron chi connectivity index (χ3n) is 6.37. The minimum absolute atomic E-state index is 0.00473. The van der Waals surface area contributed by atoms with Crippen LogP contribution in [-0.2, 0) is 12.0 Å². The minimum atomic E-state index is -0.00473. The number of likely N-dealkylation sites (tertiary alicyclic amines) is 1. The monoisotopic (exact) mass is 419 g/mol. The van der Waals surface area contributed by atoms with E-state index in [4.69, 9.17) is 10.5 Å². The van der Waals surface area contributed by atoms with Crippen molar-refractivity contribution in [3.8, 4) is 16.3 Å². The second kappa shape index (κ2) is 7.52. The Morgan fingerprint density at radius 3 is 2.70 bits per heavy atom. The Bertz CT molecular complexity index is 1090. The number of ether oxygens (including phenoxy) is 1. The quantitative estimate of drug-likeness (QED) is 0.693. The predicted molar refractivity (Wildman–Crippen MR) is 119 cm³/mol. The van der Waals surface area contributed by atoms with Gasteiger partial charge in [0.05, 0.1) is 12.3 Å². The number of carbonyl (C=O) groups excluding carboxylic acids is 1. The fourth-order valence-electron chi connectivity index (χ4n) is 4.53.